The molecule has 0 unspecified atom stereocenters. The van der Waals surface area contributed by atoms with Crippen LogP contribution in [-0.2, 0) is 19.0 Å². The van der Waals surface area contributed by atoms with Gasteiger partial charge in [-0.25, -0.2) is 0 Å². The van der Waals surface area contributed by atoms with Gasteiger partial charge in [-0.05, 0) is 14.1 Å². The van der Waals surface area contributed by atoms with E-state index in [1.807, 2.05) is 19.0 Å². The molecule has 1 amide bonds. The number of amides is 1. The van der Waals surface area contributed by atoms with Crippen LogP contribution in [0, 0.1) is 0 Å². The van der Waals surface area contributed by atoms with E-state index in [0.717, 1.165) is 6.54 Å². The molecule has 17 heavy (non-hydrogen) atoms. The van der Waals surface area contributed by atoms with Crippen LogP contribution in [0.15, 0.2) is 0 Å². The summed E-state index contributed by atoms with van der Waals surface area (Å²) in [5.41, 5.74) is 0. The molecule has 0 atom stereocenters. The van der Waals surface area contributed by atoms with E-state index >= 15 is 0 Å². The van der Waals surface area contributed by atoms with Gasteiger partial charge in [0.05, 0.1) is 26.4 Å². The van der Waals surface area contributed by atoms with Crippen LogP contribution in [0.25, 0.3) is 0 Å². The van der Waals surface area contributed by atoms with Crippen molar-refractivity contribution in [3.05, 3.63) is 0 Å². The van der Waals surface area contributed by atoms with Gasteiger partial charge in [0.15, 0.2) is 0 Å². The summed E-state index contributed by atoms with van der Waals surface area (Å²) in [4.78, 5) is 13.3. The molecule has 0 aliphatic heterocycles. The predicted molar refractivity (Wildman–Crippen MR) is 65.1 cm³/mol. The molecule has 0 aliphatic rings. The fraction of sp³-hybridized carbons (Fsp3) is 0.909. The van der Waals surface area contributed by atoms with Crippen LogP contribution in [0.5, 0.6) is 0 Å². The number of nitrogens with one attached hydrogen (secondary N) is 1. The van der Waals surface area contributed by atoms with E-state index < -0.39 is 0 Å². The van der Waals surface area contributed by atoms with Gasteiger partial charge in [0.2, 0.25) is 5.91 Å². The quantitative estimate of drug-likeness (QED) is 0.492. The van der Waals surface area contributed by atoms with Gasteiger partial charge in [0, 0.05) is 20.2 Å². The van der Waals surface area contributed by atoms with Gasteiger partial charge in [-0.1, -0.05) is 0 Å². The third-order valence-electron chi connectivity index (χ3n) is 1.92. The fourth-order valence-electron chi connectivity index (χ4n) is 0.970. The first-order valence-electron chi connectivity index (χ1n) is 5.72. The first kappa shape index (κ1) is 16.3. The van der Waals surface area contributed by atoms with E-state index in [-0.39, 0.29) is 12.5 Å². The lowest BCUT2D eigenvalue weighted by Crippen LogP contribution is -2.31. The van der Waals surface area contributed by atoms with Gasteiger partial charge in [-0.2, -0.15) is 0 Å². The van der Waals surface area contributed by atoms with Crippen molar-refractivity contribution in [1.29, 1.82) is 0 Å². The molecule has 0 aliphatic carbocycles. The van der Waals surface area contributed by atoms with Crippen molar-refractivity contribution in [3.8, 4) is 0 Å². The highest BCUT2D eigenvalue weighted by Crippen LogP contribution is 1.79. The van der Waals surface area contributed by atoms with Crippen molar-refractivity contribution in [2.45, 2.75) is 0 Å². The van der Waals surface area contributed by atoms with E-state index in [0.29, 0.717) is 33.0 Å². The molecule has 0 saturated carbocycles. The van der Waals surface area contributed by atoms with Crippen LogP contribution in [0.2, 0.25) is 0 Å². The van der Waals surface area contributed by atoms with Crippen LogP contribution in [-0.4, -0.2) is 78.1 Å². The second kappa shape index (κ2) is 11.8. The lowest BCUT2D eigenvalue weighted by atomic mass is 10.5. The second-order valence-electron chi connectivity index (χ2n) is 3.81. The zero-order valence-corrected chi connectivity index (χ0v) is 11.0. The number of carbonyl (C=O) groups is 1. The smallest absolute Gasteiger partial charge is 0.246 e. The first-order valence-corrected chi connectivity index (χ1v) is 5.72. The normalized spacial score (nSPS) is 10.8. The molecular weight excluding hydrogens is 224 g/mol. The molecule has 0 bridgehead atoms. The summed E-state index contributed by atoms with van der Waals surface area (Å²) in [6.45, 7) is 3.60. The van der Waals surface area contributed by atoms with Crippen molar-refractivity contribution >= 4 is 5.91 Å². The average Bonchev–Trinajstić information content (AvgIpc) is 2.29. The largest absolute Gasteiger partial charge is 0.382 e. The summed E-state index contributed by atoms with van der Waals surface area (Å²) in [6.07, 6.45) is 0. The number of hydrogen-bond acceptors (Lipinski definition) is 5. The van der Waals surface area contributed by atoms with Gasteiger partial charge in [0.25, 0.3) is 0 Å². The predicted octanol–water partition coefficient (Wildman–Crippen LogP) is -0.656. The highest BCUT2D eigenvalue weighted by Gasteiger charge is 2.00. The zero-order valence-electron chi connectivity index (χ0n) is 11.0. The minimum Gasteiger partial charge on any atom is -0.382 e. The Labute approximate surface area is 103 Å². The molecule has 0 spiro atoms. The molecule has 0 rings (SSSR count). The van der Waals surface area contributed by atoms with Gasteiger partial charge < -0.3 is 24.4 Å². The Kier molecular flexibility index (Phi) is 11.3. The molecule has 0 saturated heterocycles. The summed E-state index contributed by atoms with van der Waals surface area (Å²) in [5.74, 6) is -0.127. The maximum atomic E-state index is 11.2. The summed E-state index contributed by atoms with van der Waals surface area (Å²) < 4.78 is 15.2. The summed E-state index contributed by atoms with van der Waals surface area (Å²) in [7, 11) is 5.57. The Morgan fingerprint density at radius 1 is 1.12 bits per heavy atom. The molecule has 102 valence electrons. The third-order valence-corrected chi connectivity index (χ3v) is 1.92. The maximum absolute atomic E-state index is 11.2. The molecule has 0 aromatic rings. The van der Waals surface area contributed by atoms with Crippen LogP contribution in [0.4, 0.5) is 0 Å². The zero-order chi connectivity index (χ0) is 12.9. The van der Waals surface area contributed by atoms with E-state index in [9.17, 15) is 4.79 Å². The topological polar surface area (TPSA) is 60.0 Å². The number of rotatable bonds is 11. The summed E-state index contributed by atoms with van der Waals surface area (Å²) in [5, 5.41) is 2.70. The van der Waals surface area contributed by atoms with E-state index in [1.165, 1.54) is 0 Å². The van der Waals surface area contributed by atoms with Gasteiger partial charge >= 0.3 is 0 Å². The molecule has 0 aromatic carbocycles. The Bertz CT molecular complexity index is 188. The Balaban J connectivity index is 3.16. The lowest BCUT2D eigenvalue weighted by Gasteiger charge is -2.10. The van der Waals surface area contributed by atoms with Crippen molar-refractivity contribution < 1.29 is 19.0 Å². The molecule has 1 N–H and O–H groups in total. The molecule has 6 nitrogen and oxygen atoms in total. The monoisotopic (exact) mass is 248 g/mol. The number of nitrogens with zero attached hydrogens (tertiary/aromatic N) is 1. The van der Waals surface area contributed by atoms with Gasteiger partial charge in [0.1, 0.15) is 6.61 Å². The number of likely N-dealkylation sites (N-methyl/N-ethyl adjacent to an activating group) is 1. The van der Waals surface area contributed by atoms with Crippen molar-refractivity contribution in [2.24, 2.45) is 0 Å². The van der Waals surface area contributed by atoms with Gasteiger partial charge in [-0.3, -0.25) is 4.79 Å². The highest BCUT2D eigenvalue weighted by atomic mass is 16.5. The van der Waals surface area contributed by atoms with E-state index in [2.05, 4.69) is 5.32 Å². The highest BCUT2D eigenvalue weighted by molar-refractivity contribution is 5.77. The Hall–Kier alpha value is -0.690. The SMILES string of the molecule is COCCOCC(=O)NCCOCCN(C)C. The average molecular weight is 248 g/mol. The molecule has 6 heteroatoms. The van der Waals surface area contributed by atoms with Crippen molar-refractivity contribution in [2.75, 3.05) is 67.3 Å². The summed E-state index contributed by atoms with van der Waals surface area (Å²) in [6, 6.07) is 0. The van der Waals surface area contributed by atoms with Crippen LogP contribution < -0.4 is 5.32 Å². The van der Waals surface area contributed by atoms with E-state index in [1.54, 1.807) is 7.11 Å². The van der Waals surface area contributed by atoms with Crippen LogP contribution in [0.1, 0.15) is 0 Å². The molecule has 0 radical (unpaired) electrons. The lowest BCUT2D eigenvalue weighted by molar-refractivity contribution is -0.126. The fourth-order valence-corrected chi connectivity index (χ4v) is 0.970. The Morgan fingerprint density at radius 3 is 2.53 bits per heavy atom. The number of ether oxygens (including phenoxy) is 3. The van der Waals surface area contributed by atoms with Crippen molar-refractivity contribution in [3.63, 3.8) is 0 Å². The number of methoxy groups -OCH3 is 1. The molecular formula is C11H24N2O4. The Morgan fingerprint density at radius 2 is 1.88 bits per heavy atom. The number of hydrogen-bond donors (Lipinski definition) is 1. The van der Waals surface area contributed by atoms with Crippen LogP contribution >= 0.6 is 0 Å². The standard InChI is InChI=1S/C11H24N2O4/c1-13(2)5-7-16-6-4-12-11(14)10-17-9-8-15-3/h4-10H2,1-3H3,(H,12,14). The maximum Gasteiger partial charge on any atom is 0.246 e. The molecule has 0 fully saturated rings. The minimum atomic E-state index is -0.127. The number of carbonyl (C=O) groups excluding carboxylic acids is 1. The van der Waals surface area contributed by atoms with Gasteiger partial charge in [-0.15, -0.1) is 0 Å². The first-order chi connectivity index (χ1) is 8.16. The molecule has 0 aromatic heterocycles. The summed E-state index contributed by atoms with van der Waals surface area (Å²) >= 11 is 0. The van der Waals surface area contributed by atoms with Crippen LogP contribution in [0.3, 0.4) is 0 Å². The molecule has 0 heterocycles. The minimum absolute atomic E-state index is 0.0705. The second-order valence-corrected chi connectivity index (χ2v) is 3.81. The third kappa shape index (κ3) is 13.2. The van der Waals surface area contributed by atoms with Crippen molar-refractivity contribution in [1.82, 2.24) is 10.2 Å². The van der Waals surface area contributed by atoms with E-state index in [4.69, 9.17) is 14.2 Å².